The van der Waals surface area contributed by atoms with E-state index in [-0.39, 0.29) is 17.3 Å². The van der Waals surface area contributed by atoms with Gasteiger partial charge in [0, 0.05) is 28.1 Å². The number of aliphatic imine (C=N–C) groups is 1. The van der Waals surface area contributed by atoms with Crippen molar-refractivity contribution >= 4 is 50.7 Å². The Hall–Kier alpha value is -3.65. The van der Waals surface area contributed by atoms with Crippen LogP contribution in [0, 0.1) is 32.1 Å². The number of nitrogens with one attached hydrogen (secondary N) is 1. The summed E-state index contributed by atoms with van der Waals surface area (Å²) in [6.45, 7) is 11.4. The molecule has 0 radical (unpaired) electrons. The van der Waals surface area contributed by atoms with E-state index in [0.717, 1.165) is 38.5 Å². The second-order valence-corrected chi connectivity index (χ2v) is 10.4. The van der Waals surface area contributed by atoms with E-state index in [4.69, 9.17) is 10.1 Å². The molecule has 2 aliphatic heterocycles. The summed E-state index contributed by atoms with van der Waals surface area (Å²) in [5.74, 6) is 0.734. The molecule has 1 N–H and O–H groups in total. The predicted molar refractivity (Wildman–Crippen MR) is 148 cm³/mol. The van der Waals surface area contributed by atoms with Crippen molar-refractivity contribution in [3.63, 3.8) is 0 Å². The molecule has 0 fully saturated rings. The maximum Gasteiger partial charge on any atom is 0.283 e. The molecular formula is C28H29N5O2S. The molecule has 2 aliphatic rings. The minimum Gasteiger partial charge on any atom is -0.491 e. The molecule has 0 saturated carbocycles. The van der Waals surface area contributed by atoms with Gasteiger partial charge in [-0.05, 0) is 56.3 Å². The summed E-state index contributed by atoms with van der Waals surface area (Å²) in [4.78, 5) is 17.2. The van der Waals surface area contributed by atoms with E-state index < -0.39 is 5.91 Å². The van der Waals surface area contributed by atoms with Gasteiger partial charge in [-0.25, -0.2) is 0 Å². The normalized spacial score (nSPS) is 16.7. The van der Waals surface area contributed by atoms with Crippen LogP contribution in [0.15, 0.2) is 58.1 Å². The Morgan fingerprint density at radius 2 is 1.92 bits per heavy atom. The Morgan fingerprint density at radius 3 is 2.67 bits per heavy atom. The zero-order chi connectivity index (χ0) is 25.6. The lowest BCUT2D eigenvalue weighted by Crippen LogP contribution is -2.35. The van der Waals surface area contributed by atoms with Crippen molar-refractivity contribution in [3.05, 3.63) is 70.4 Å². The van der Waals surface area contributed by atoms with Gasteiger partial charge in [-0.3, -0.25) is 10.2 Å². The van der Waals surface area contributed by atoms with Crippen LogP contribution >= 0.6 is 11.8 Å². The number of aromatic nitrogens is 1. The van der Waals surface area contributed by atoms with Crippen molar-refractivity contribution in [2.45, 2.75) is 41.2 Å². The number of rotatable bonds is 6. The number of amidine groups is 2. The number of ether oxygens (including phenoxy) is 1. The molecule has 8 heteroatoms. The molecule has 1 aromatic heterocycles. The van der Waals surface area contributed by atoms with Gasteiger partial charge in [0.1, 0.15) is 17.4 Å². The SMILES string of the molecule is Cc1ccc(OCCn2c(C)c(/C=C3\C(=N)N4N=C(C(C)C)SC4=NC3=O)c3ccccc32)c(C)c1. The van der Waals surface area contributed by atoms with E-state index in [1.165, 1.54) is 22.3 Å². The van der Waals surface area contributed by atoms with Crippen LogP contribution in [0.5, 0.6) is 5.75 Å². The monoisotopic (exact) mass is 499 g/mol. The molecule has 0 bridgehead atoms. The maximum atomic E-state index is 13.0. The average molecular weight is 500 g/mol. The quantitative estimate of drug-likeness (QED) is 0.427. The fourth-order valence-corrected chi connectivity index (χ4v) is 5.41. The number of amides is 1. The number of carbonyl (C=O) groups is 1. The van der Waals surface area contributed by atoms with Crippen LogP contribution < -0.4 is 4.74 Å². The molecule has 0 spiro atoms. The number of hydrogen-bond acceptors (Lipinski definition) is 5. The number of hydrazone groups is 1. The smallest absolute Gasteiger partial charge is 0.283 e. The van der Waals surface area contributed by atoms with Gasteiger partial charge in [-0.2, -0.15) is 15.1 Å². The number of para-hydroxylation sites is 1. The van der Waals surface area contributed by atoms with Crippen molar-refractivity contribution in [1.29, 1.82) is 5.41 Å². The van der Waals surface area contributed by atoms with Crippen LogP contribution in [-0.2, 0) is 11.3 Å². The van der Waals surface area contributed by atoms with Gasteiger partial charge in [-0.15, -0.1) is 0 Å². The summed E-state index contributed by atoms with van der Waals surface area (Å²) in [5, 5.41) is 17.0. The van der Waals surface area contributed by atoms with Gasteiger partial charge in [0.2, 0.25) is 5.17 Å². The standard InChI is InChI=1S/C28H29N5O2S/c1-16(2)27-31-33-25(29)22(26(34)30-28(33)36-27)15-21-19(5)32(23-9-7-6-8-20(21)23)12-13-35-24-11-10-17(3)14-18(24)4/h6-11,14-16,29H,12-13H2,1-5H3/b22-15+,29-25?. The molecule has 1 amide bonds. The van der Waals surface area contributed by atoms with Crippen molar-refractivity contribution in [2.75, 3.05) is 6.61 Å². The van der Waals surface area contributed by atoms with E-state index in [1.54, 1.807) is 6.08 Å². The third kappa shape index (κ3) is 4.26. The first kappa shape index (κ1) is 24.1. The number of nitrogens with zero attached hydrogens (tertiary/aromatic N) is 4. The molecule has 0 atom stereocenters. The Labute approximate surface area is 215 Å². The number of hydrogen-bond donors (Lipinski definition) is 1. The van der Waals surface area contributed by atoms with Crippen LogP contribution in [0.1, 0.15) is 36.2 Å². The number of thioether (sulfide) groups is 1. The molecule has 2 aromatic carbocycles. The minimum atomic E-state index is -0.409. The highest BCUT2D eigenvalue weighted by molar-refractivity contribution is 8.27. The molecule has 3 aromatic rings. The van der Waals surface area contributed by atoms with Crippen LogP contribution in [-0.4, -0.2) is 38.1 Å². The van der Waals surface area contributed by atoms with Crippen molar-refractivity contribution < 1.29 is 9.53 Å². The summed E-state index contributed by atoms with van der Waals surface area (Å²) in [6, 6.07) is 14.3. The summed E-state index contributed by atoms with van der Waals surface area (Å²) < 4.78 is 8.31. The third-order valence-corrected chi connectivity index (χ3v) is 7.64. The van der Waals surface area contributed by atoms with Gasteiger partial charge < -0.3 is 9.30 Å². The first-order valence-corrected chi connectivity index (χ1v) is 12.8. The first-order valence-electron chi connectivity index (χ1n) is 12.0. The van der Waals surface area contributed by atoms with E-state index in [0.29, 0.717) is 18.3 Å². The second-order valence-electron chi connectivity index (χ2n) is 9.40. The number of fused-ring (bicyclic) bond motifs is 2. The molecule has 36 heavy (non-hydrogen) atoms. The summed E-state index contributed by atoms with van der Waals surface area (Å²) in [5.41, 5.74) is 5.54. The van der Waals surface area contributed by atoms with Crippen molar-refractivity contribution in [2.24, 2.45) is 16.0 Å². The lowest BCUT2D eigenvalue weighted by Gasteiger charge is -2.20. The highest BCUT2D eigenvalue weighted by Gasteiger charge is 2.36. The van der Waals surface area contributed by atoms with Crippen LogP contribution in [0.25, 0.3) is 17.0 Å². The largest absolute Gasteiger partial charge is 0.491 e. The molecule has 0 aliphatic carbocycles. The number of carbonyl (C=O) groups excluding carboxylic acids is 1. The Balaban J connectivity index is 1.47. The van der Waals surface area contributed by atoms with Gasteiger partial charge >= 0.3 is 0 Å². The summed E-state index contributed by atoms with van der Waals surface area (Å²) >= 11 is 1.36. The predicted octanol–water partition coefficient (Wildman–Crippen LogP) is 5.92. The average Bonchev–Trinajstić information content (AvgIpc) is 3.38. The second kappa shape index (κ2) is 9.43. The molecule has 0 unspecified atom stereocenters. The van der Waals surface area contributed by atoms with E-state index in [9.17, 15) is 4.79 Å². The zero-order valence-electron chi connectivity index (χ0n) is 21.1. The van der Waals surface area contributed by atoms with Crippen molar-refractivity contribution in [3.8, 4) is 5.75 Å². The molecule has 7 nitrogen and oxygen atoms in total. The van der Waals surface area contributed by atoms with Crippen LogP contribution in [0.3, 0.4) is 0 Å². The maximum absolute atomic E-state index is 13.0. The minimum absolute atomic E-state index is 0.0579. The number of benzene rings is 2. The summed E-state index contributed by atoms with van der Waals surface area (Å²) in [6.07, 6.45) is 1.79. The van der Waals surface area contributed by atoms with Gasteiger partial charge in [0.25, 0.3) is 5.91 Å². The van der Waals surface area contributed by atoms with E-state index in [2.05, 4.69) is 46.7 Å². The number of aryl methyl sites for hydroxylation is 2. The summed E-state index contributed by atoms with van der Waals surface area (Å²) in [7, 11) is 0. The van der Waals surface area contributed by atoms with Gasteiger partial charge in [-0.1, -0.05) is 49.7 Å². The first-order chi connectivity index (χ1) is 17.2. The van der Waals surface area contributed by atoms with Crippen LogP contribution in [0.2, 0.25) is 0 Å². The molecule has 3 heterocycles. The fourth-order valence-electron chi connectivity index (χ4n) is 4.52. The van der Waals surface area contributed by atoms with Crippen molar-refractivity contribution in [1.82, 2.24) is 9.58 Å². The molecule has 184 valence electrons. The highest BCUT2D eigenvalue weighted by atomic mass is 32.2. The van der Waals surface area contributed by atoms with E-state index in [1.807, 2.05) is 45.0 Å². The van der Waals surface area contributed by atoms with Gasteiger partial charge in [0.15, 0.2) is 5.84 Å². The molecule has 5 rings (SSSR count). The van der Waals surface area contributed by atoms with Gasteiger partial charge in [0.05, 0.1) is 12.1 Å². The van der Waals surface area contributed by atoms with Crippen LogP contribution in [0.4, 0.5) is 0 Å². The highest BCUT2D eigenvalue weighted by Crippen LogP contribution is 2.33. The Morgan fingerprint density at radius 1 is 1.14 bits per heavy atom. The third-order valence-electron chi connectivity index (χ3n) is 6.44. The lowest BCUT2D eigenvalue weighted by molar-refractivity contribution is -0.114. The topological polar surface area (TPSA) is 83.0 Å². The lowest BCUT2D eigenvalue weighted by atomic mass is 10.1. The molecular weight excluding hydrogens is 470 g/mol. The Bertz CT molecular complexity index is 1500. The fraction of sp³-hybridized carbons (Fsp3) is 0.286. The zero-order valence-corrected chi connectivity index (χ0v) is 21.9. The molecule has 0 saturated heterocycles. The van der Waals surface area contributed by atoms with E-state index >= 15 is 0 Å². The Kier molecular flexibility index (Phi) is 6.30.